The quantitative estimate of drug-likeness (QED) is 0.535. The molecule has 0 aliphatic carbocycles. The number of nitrogens with zero attached hydrogens (tertiary/aromatic N) is 3. The summed E-state index contributed by atoms with van der Waals surface area (Å²) in [5.41, 5.74) is 1.69. The Morgan fingerprint density at radius 2 is 2.35 bits per heavy atom. The van der Waals surface area contributed by atoms with Crippen molar-refractivity contribution < 1.29 is 9.32 Å². The highest BCUT2D eigenvalue weighted by atomic mass is 32.2. The summed E-state index contributed by atoms with van der Waals surface area (Å²) < 4.78 is 8.04. The molecule has 0 spiro atoms. The predicted octanol–water partition coefficient (Wildman–Crippen LogP) is 3.65. The first kappa shape index (κ1) is 15.8. The normalized spacial score (nSPS) is 12.0. The molecule has 1 amide bonds. The van der Waals surface area contributed by atoms with Crippen LogP contribution in [0, 0.1) is 6.92 Å². The van der Waals surface area contributed by atoms with E-state index in [4.69, 9.17) is 4.52 Å². The molecule has 1 aromatic carbocycles. The summed E-state index contributed by atoms with van der Waals surface area (Å²) in [6.45, 7) is 6.13. The Bertz CT molecular complexity index is 950. The number of thioether (sulfide) groups is 1. The number of carbonyl (C=O) groups excluding carboxylic acids is 1. The molecule has 118 valence electrons. The molecular weight excluding hydrogens is 330 g/mol. The van der Waals surface area contributed by atoms with E-state index in [2.05, 4.69) is 28.9 Å². The SMILES string of the molecule is C=CCn1c(=NC(=O)c2cc(C)no2)sc2cc(SC)ccc21. The number of hydrogen-bond donors (Lipinski definition) is 0. The van der Waals surface area contributed by atoms with Crippen LogP contribution in [0.15, 0.2) is 51.3 Å². The van der Waals surface area contributed by atoms with Crippen LogP contribution >= 0.6 is 23.1 Å². The summed E-state index contributed by atoms with van der Waals surface area (Å²) in [5, 5.41) is 3.73. The van der Waals surface area contributed by atoms with E-state index in [0.717, 1.165) is 10.2 Å². The molecule has 7 heteroatoms. The van der Waals surface area contributed by atoms with Gasteiger partial charge in [0.1, 0.15) is 0 Å². The van der Waals surface area contributed by atoms with Gasteiger partial charge in [-0.1, -0.05) is 22.6 Å². The fourth-order valence-corrected chi connectivity index (χ4v) is 3.77. The van der Waals surface area contributed by atoms with Gasteiger partial charge in [0.25, 0.3) is 0 Å². The van der Waals surface area contributed by atoms with Gasteiger partial charge in [-0.15, -0.1) is 18.3 Å². The second kappa shape index (κ2) is 6.55. The van der Waals surface area contributed by atoms with E-state index >= 15 is 0 Å². The number of rotatable bonds is 4. The van der Waals surface area contributed by atoms with E-state index in [-0.39, 0.29) is 5.76 Å². The van der Waals surface area contributed by atoms with Gasteiger partial charge in [0, 0.05) is 17.5 Å². The lowest BCUT2D eigenvalue weighted by molar-refractivity contribution is 0.0962. The largest absolute Gasteiger partial charge is 0.351 e. The van der Waals surface area contributed by atoms with Crippen molar-refractivity contribution >= 4 is 39.2 Å². The second-order valence-corrected chi connectivity index (χ2v) is 6.76. The van der Waals surface area contributed by atoms with Crippen molar-refractivity contribution in [2.75, 3.05) is 6.26 Å². The molecule has 23 heavy (non-hydrogen) atoms. The molecule has 3 rings (SSSR count). The molecule has 0 aliphatic rings. The maximum Gasteiger partial charge on any atom is 0.318 e. The van der Waals surface area contributed by atoms with Crippen LogP contribution < -0.4 is 4.80 Å². The standard InChI is InChI=1S/C16H15N3O2S2/c1-4-7-19-12-6-5-11(22-3)9-14(12)23-16(19)17-15(20)13-8-10(2)18-21-13/h4-6,8-9H,1,7H2,2-3H3. The number of hydrogen-bond acceptors (Lipinski definition) is 5. The van der Waals surface area contributed by atoms with Gasteiger partial charge in [0.05, 0.1) is 15.9 Å². The number of benzene rings is 1. The third kappa shape index (κ3) is 3.16. The number of aromatic nitrogens is 2. The fraction of sp³-hybridized carbons (Fsp3) is 0.188. The minimum absolute atomic E-state index is 0.148. The molecule has 2 heterocycles. The molecular formula is C16H15N3O2S2. The fourth-order valence-electron chi connectivity index (χ4n) is 2.18. The number of thiazole rings is 1. The van der Waals surface area contributed by atoms with Gasteiger partial charge in [-0.25, -0.2) is 0 Å². The van der Waals surface area contributed by atoms with Crippen LogP contribution in [-0.2, 0) is 6.54 Å². The van der Waals surface area contributed by atoms with Crippen molar-refractivity contribution in [3.05, 3.63) is 53.2 Å². The number of carbonyl (C=O) groups is 1. The predicted molar refractivity (Wildman–Crippen MR) is 92.9 cm³/mol. The topological polar surface area (TPSA) is 60.4 Å². The molecule has 0 bridgehead atoms. The van der Waals surface area contributed by atoms with Gasteiger partial charge >= 0.3 is 5.91 Å². The van der Waals surface area contributed by atoms with Crippen LogP contribution in [-0.4, -0.2) is 21.9 Å². The highest BCUT2D eigenvalue weighted by Crippen LogP contribution is 2.24. The van der Waals surface area contributed by atoms with E-state index in [0.29, 0.717) is 17.0 Å². The summed E-state index contributed by atoms with van der Waals surface area (Å²) >= 11 is 3.16. The maximum atomic E-state index is 12.2. The van der Waals surface area contributed by atoms with Gasteiger partial charge in [-0.3, -0.25) is 4.79 Å². The Morgan fingerprint density at radius 1 is 1.52 bits per heavy atom. The molecule has 0 saturated heterocycles. The third-order valence-corrected chi connectivity index (χ3v) is 5.00. The smallest absolute Gasteiger partial charge is 0.318 e. The number of aryl methyl sites for hydroxylation is 1. The Morgan fingerprint density at radius 3 is 3.00 bits per heavy atom. The van der Waals surface area contributed by atoms with Gasteiger partial charge in [0.2, 0.25) is 5.76 Å². The van der Waals surface area contributed by atoms with Crippen LogP contribution in [0.4, 0.5) is 0 Å². The zero-order valence-corrected chi connectivity index (χ0v) is 14.4. The minimum Gasteiger partial charge on any atom is -0.351 e. The number of allylic oxidation sites excluding steroid dienone is 1. The molecule has 0 N–H and O–H groups in total. The molecule has 0 unspecified atom stereocenters. The van der Waals surface area contributed by atoms with Gasteiger partial charge < -0.3 is 9.09 Å². The van der Waals surface area contributed by atoms with Crippen LogP contribution in [0.2, 0.25) is 0 Å². The number of amides is 1. The first-order valence-corrected chi connectivity index (χ1v) is 8.97. The van der Waals surface area contributed by atoms with Crippen molar-refractivity contribution in [2.45, 2.75) is 18.4 Å². The summed E-state index contributed by atoms with van der Waals surface area (Å²) in [6, 6.07) is 7.79. The van der Waals surface area contributed by atoms with E-state index in [9.17, 15) is 4.79 Å². The molecule has 0 fully saturated rings. The average Bonchev–Trinajstić information content (AvgIpc) is 3.11. The zero-order valence-electron chi connectivity index (χ0n) is 12.8. The summed E-state index contributed by atoms with van der Waals surface area (Å²) in [6.07, 6.45) is 3.82. The molecule has 0 aliphatic heterocycles. The van der Waals surface area contributed by atoms with Gasteiger partial charge in [-0.05, 0) is 31.4 Å². The lowest BCUT2D eigenvalue weighted by Crippen LogP contribution is -2.16. The third-order valence-electron chi connectivity index (χ3n) is 3.24. The lowest BCUT2D eigenvalue weighted by atomic mass is 10.3. The molecule has 0 saturated carbocycles. The zero-order chi connectivity index (χ0) is 16.4. The van der Waals surface area contributed by atoms with E-state index in [1.54, 1.807) is 30.8 Å². The maximum absolute atomic E-state index is 12.2. The summed E-state index contributed by atoms with van der Waals surface area (Å²) in [5.74, 6) is -0.282. The molecule has 3 aromatic rings. The average molecular weight is 345 g/mol. The highest BCUT2D eigenvalue weighted by molar-refractivity contribution is 7.98. The summed E-state index contributed by atoms with van der Waals surface area (Å²) in [4.78, 5) is 18.3. The minimum atomic E-state index is -0.431. The Kier molecular flexibility index (Phi) is 4.49. The molecule has 0 atom stereocenters. The van der Waals surface area contributed by atoms with Crippen LogP contribution in [0.3, 0.4) is 0 Å². The highest BCUT2D eigenvalue weighted by Gasteiger charge is 2.12. The van der Waals surface area contributed by atoms with Crippen molar-refractivity contribution in [2.24, 2.45) is 4.99 Å². The first-order valence-electron chi connectivity index (χ1n) is 6.93. The van der Waals surface area contributed by atoms with Crippen LogP contribution in [0.25, 0.3) is 10.2 Å². The first-order chi connectivity index (χ1) is 11.1. The van der Waals surface area contributed by atoms with Crippen LogP contribution in [0.1, 0.15) is 16.2 Å². The second-order valence-electron chi connectivity index (χ2n) is 4.87. The molecule has 2 aromatic heterocycles. The Balaban J connectivity index is 2.15. The van der Waals surface area contributed by atoms with E-state index in [1.807, 2.05) is 16.9 Å². The Hall–Kier alpha value is -2.12. The monoisotopic (exact) mass is 345 g/mol. The summed E-state index contributed by atoms with van der Waals surface area (Å²) in [7, 11) is 0. The Labute approximate surface area is 141 Å². The van der Waals surface area contributed by atoms with Gasteiger partial charge in [-0.2, -0.15) is 4.99 Å². The van der Waals surface area contributed by atoms with E-state index in [1.165, 1.54) is 16.2 Å². The van der Waals surface area contributed by atoms with E-state index < -0.39 is 5.91 Å². The van der Waals surface area contributed by atoms with Crippen molar-refractivity contribution in [1.29, 1.82) is 0 Å². The van der Waals surface area contributed by atoms with Crippen molar-refractivity contribution in [1.82, 2.24) is 9.72 Å². The van der Waals surface area contributed by atoms with Crippen molar-refractivity contribution in [3.63, 3.8) is 0 Å². The lowest BCUT2D eigenvalue weighted by Gasteiger charge is -2.01. The van der Waals surface area contributed by atoms with Crippen molar-refractivity contribution in [3.8, 4) is 0 Å². The number of fused-ring (bicyclic) bond motifs is 1. The van der Waals surface area contributed by atoms with Crippen LogP contribution in [0.5, 0.6) is 0 Å². The molecule has 0 radical (unpaired) electrons. The molecule has 5 nitrogen and oxygen atoms in total. The van der Waals surface area contributed by atoms with Gasteiger partial charge in [0.15, 0.2) is 4.80 Å².